The van der Waals surface area contributed by atoms with Crippen LogP contribution in [0.1, 0.15) is 30.8 Å². The van der Waals surface area contributed by atoms with Gasteiger partial charge in [0.15, 0.2) is 0 Å². The zero-order valence-electron chi connectivity index (χ0n) is 14.5. The monoisotopic (exact) mass is 346 g/mol. The molecular formula is C18H23FN4O2. The number of aromatic nitrogens is 2. The first kappa shape index (κ1) is 17.4. The molecule has 1 saturated heterocycles. The van der Waals surface area contributed by atoms with Crippen molar-refractivity contribution in [2.45, 2.75) is 25.5 Å². The Kier molecular flexibility index (Phi) is 5.33. The van der Waals surface area contributed by atoms with Crippen LogP contribution < -0.4 is 5.32 Å². The lowest BCUT2D eigenvalue weighted by Gasteiger charge is -2.33. The number of benzene rings is 1. The second-order valence-electron chi connectivity index (χ2n) is 6.18. The number of carbonyl (C=O) groups excluding carboxylic acids is 1. The van der Waals surface area contributed by atoms with E-state index in [1.807, 2.05) is 18.5 Å². The van der Waals surface area contributed by atoms with Crippen molar-refractivity contribution in [3.63, 3.8) is 0 Å². The van der Waals surface area contributed by atoms with E-state index in [1.165, 1.54) is 12.1 Å². The van der Waals surface area contributed by atoms with Gasteiger partial charge in [0, 0.05) is 32.5 Å². The fourth-order valence-corrected chi connectivity index (χ4v) is 3.00. The van der Waals surface area contributed by atoms with Gasteiger partial charge in [0.05, 0.1) is 12.7 Å². The zero-order valence-corrected chi connectivity index (χ0v) is 14.5. The van der Waals surface area contributed by atoms with Gasteiger partial charge in [-0.05, 0) is 24.1 Å². The summed E-state index contributed by atoms with van der Waals surface area (Å²) in [6.45, 7) is 3.66. The number of hydrogen-bond donors (Lipinski definition) is 1. The lowest BCUT2D eigenvalue weighted by atomic mass is 10.1. The van der Waals surface area contributed by atoms with Crippen LogP contribution in [-0.4, -0.2) is 46.3 Å². The summed E-state index contributed by atoms with van der Waals surface area (Å²) in [7, 11) is 1.85. The van der Waals surface area contributed by atoms with Crippen LogP contribution in [0.25, 0.3) is 0 Å². The predicted octanol–water partition coefficient (Wildman–Crippen LogP) is 2.47. The summed E-state index contributed by atoms with van der Waals surface area (Å²) in [4.78, 5) is 18.8. The lowest BCUT2D eigenvalue weighted by Crippen LogP contribution is -2.50. The molecule has 1 N–H and O–H groups in total. The minimum atomic E-state index is -0.522. The van der Waals surface area contributed by atoms with Gasteiger partial charge in [-0.3, -0.25) is 0 Å². The molecule has 3 rings (SSSR count). The highest BCUT2D eigenvalue weighted by Gasteiger charge is 2.27. The molecule has 1 fully saturated rings. The molecule has 2 amide bonds. The molecule has 1 aromatic heterocycles. The van der Waals surface area contributed by atoms with E-state index < -0.39 is 6.04 Å². The van der Waals surface area contributed by atoms with Crippen molar-refractivity contribution in [2.75, 3.05) is 19.7 Å². The lowest BCUT2D eigenvalue weighted by molar-refractivity contribution is -0.0156. The molecule has 0 saturated carbocycles. The number of nitrogens with zero attached hydrogens (tertiary/aromatic N) is 3. The number of amides is 2. The normalized spacial score (nSPS) is 18.8. The maximum atomic E-state index is 13.7. The Morgan fingerprint density at radius 2 is 2.36 bits per heavy atom. The van der Waals surface area contributed by atoms with E-state index in [1.54, 1.807) is 29.4 Å². The van der Waals surface area contributed by atoms with Crippen LogP contribution in [0, 0.1) is 5.82 Å². The molecule has 0 aliphatic carbocycles. The van der Waals surface area contributed by atoms with Crippen molar-refractivity contribution in [2.24, 2.45) is 7.05 Å². The van der Waals surface area contributed by atoms with Gasteiger partial charge in [0.2, 0.25) is 0 Å². The van der Waals surface area contributed by atoms with Crippen molar-refractivity contribution in [3.8, 4) is 0 Å². The number of ether oxygens (including phenoxy) is 1. The average molecular weight is 346 g/mol. The second kappa shape index (κ2) is 7.65. The number of aryl methyl sites for hydroxylation is 1. The standard InChI is InChI=1S/C18H23FN4O2/c1-3-15-12-23(9-10-25-15)18(24)21-16(17-20-7-8-22(17)2)13-5-4-6-14(19)11-13/h4-8,11,15-16H,3,9-10,12H2,1-2H3,(H,21,24)/t15-,16-/m0/s1. The summed E-state index contributed by atoms with van der Waals surface area (Å²) < 4.78 is 21.1. The third-order valence-electron chi connectivity index (χ3n) is 4.45. The van der Waals surface area contributed by atoms with Crippen LogP contribution in [0.5, 0.6) is 0 Å². The SMILES string of the molecule is CC[C@H]1CN(C(=O)N[C@@H](c2cccc(F)c2)c2nccn2C)CCO1. The molecule has 7 heteroatoms. The molecule has 2 aromatic rings. The molecule has 0 bridgehead atoms. The molecule has 1 aromatic carbocycles. The summed E-state index contributed by atoms with van der Waals surface area (Å²) in [5, 5.41) is 3.00. The van der Waals surface area contributed by atoms with Crippen LogP contribution in [0.15, 0.2) is 36.7 Å². The van der Waals surface area contributed by atoms with Crippen molar-refractivity contribution < 1.29 is 13.9 Å². The molecule has 1 aliphatic heterocycles. The second-order valence-corrected chi connectivity index (χ2v) is 6.18. The van der Waals surface area contributed by atoms with E-state index in [0.29, 0.717) is 31.1 Å². The summed E-state index contributed by atoms with van der Waals surface area (Å²) in [6, 6.07) is 5.51. The van der Waals surface area contributed by atoms with Gasteiger partial charge in [0.1, 0.15) is 17.7 Å². The van der Waals surface area contributed by atoms with E-state index in [4.69, 9.17) is 4.74 Å². The summed E-state index contributed by atoms with van der Waals surface area (Å²) in [5.41, 5.74) is 0.656. The highest BCUT2D eigenvalue weighted by atomic mass is 19.1. The van der Waals surface area contributed by atoms with Gasteiger partial charge < -0.3 is 19.5 Å². The maximum Gasteiger partial charge on any atom is 0.318 e. The fourth-order valence-electron chi connectivity index (χ4n) is 3.00. The van der Waals surface area contributed by atoms with E-state index in [9.17, 15) is 9.18 Å². The third-order valence-corrected chi connectivity index (χ3v) is 4.45. The molecule has 2 heterocycles. The zero-order chi connectivity index (χ0) is 17.8. The minimum Gasteiger partial charge on any atom is -0.375 e. The molecule has 25 heavy (non-hydrogen) atoms. The van der Waals surface area contributed by atoms with Crippen molar-refractivity contribution in [3.05, 3.63) is 53.9 Å². The van der Waals surface area contributed by atoms with E-state index in [2.05, 4.69) is 10.3 Å². The number of nitrogens with one attached hydrogen (secondary N) is 1. The molecule has 1 aliphatic rings. The number of halogens is 1. The Hall–Kier alpha value is -2.41. The Bertz CT molecular complexity index is 733. The average Bonchev–Trinajstić information content (AvgIpc) is 3.05. The molecule has 6 nitrogen and oxygen atoms in total. The van der Waals surface area contributed by atoms with Crippen LogP contribution in [0.2, 0.25) is 0 Å². The molecule has 0 unspecified atom stereocenters. The first-order valence-corrected chi connectivity index (χ1v) is 8.48. The van der Waals surface area contributed by atoms with E-state index >= 15 is 0 Å². The first-order chi connectivity index (χ1) is 12.1. The first-order valence-electron chi connectivity index (χ1n) is 8.48. The largest absolute Gasteiger partial charge is 0.375 e. The summed E-state index contributed by atoms with van der Waals surface area (Å²) in [6.07, 6.45) is 4.38. The van der Waals surface area contributed by atoms with Gasteiger partial charge in [-0.2, -0.15) is 0 Å². The van der Waals surface area contributed by atoms with Gasteiger partial charge in [0.25, 0.3) is 0 Å². The smallest absolute Gasteiger partial charge is 0.318 e. The van der Waals surface area contributed by atoms with Crippen LogP contribution >= 0.6 is 0 Å². The van der Waals surface area contributed by atoms with Crippen LogP contribution in [0.4, 0.5) is 9.18 Å². The Balaban J connectivity index is 1.83. The van der Waals surface area contributed by atoms with Crippen molar-refractivity contribution in [1.29, 1.82) is 0 Å². The van der Waals surface area contributed by atoms with Gasteiger partial charge >= 0.3 is 6.03 Å². The minimum absolute atomic E-state index is 0.0558. The number of imidazole rings is 1. The molecule has 134 valence electrons. The summed E-state index contributed by atoms with van der Waals surface area (Å²) in [5.74, 6) is 0.308. The van der Waals surface area contributed by atoms with Gasteiger partial charge in [-0.15, -0.1) is 0 Å². The quantitative estimate of drug-likeness (QED) is 0.925. The maximum absolute atomic E-state index is 13.7. The Labute approximate surface area is 146 Å². The number of urea groups is 1. The van der Waals surface area contributed by atoms with Crippen molar-refractivity contribution >= 4 is 6.03 Å². The third kappa shape index (κ3) is 3.99. The predicted molar refractivity (Wildman–Crippen MR) is 91.6 cm³/mol. The van der Waals surface area contributed by atoms with Crippen LogP contribution in [-0.2, 0) is 11.8 Å². The number of rotatable bonds is 4. The number of carbonyl (C=O) groups is 1. The highest BCUT2D eigenvalue weighted by Crippen LogP contribution is 2.22. The molecule has 0 radical (unpaired) electrons. The fraction of sp³-hybridized carbons (Fsp3) is 0.444. The number of morpholine rings is 1. The Morgan fingerprint density at radius 1 is 1.52 bits per heavy atom. The highest BCUT2D eigenvalue weighted by molar-refractivity contribution is 5.75. The topological polar surface area (TPSA) is 59.4 Å². The molecule has 0 spiro atoms. The van der Waals surface area contributed by atoms with E-state index in [0.717, 1.165) is 6.42 Å². The van der Waals surface area contributed by atoms with Gasteiger partial charge in [-0.25, -0.2) is 14.2 Å². The molecule has 2 atom stereocenters. The van der Waals surface area contributed by atoms with Crippen LogP contribution in [0.3, 0.4) is 0 Å². The number of hydrogen-bond acceptors (Lipinski definition) is 3. The van der Waals surface area contributed by atoms with Crippen molar-refractivity contribution in [1.82, 2.24) is 19.8 Å². The summed E-state index contributed by atoms with van der Waals surface area (Å²) >= 11 is 0. The molecular weight excluding hydrogens is 323 g/mol. The van der Waals surface area contributed by atoms with E-state index in [-0.39, 0.29) is 18.0 Å². The Morgan fingerprint density at radius 3 is 3.04 bits per heavy atom. The van der Waals surface area contributed by atoms with Gasteiger partial charge in [-0.1, -0.05) is 19.1 Å².